The predicted molar refractivity (Wildman–Crippen MR) is 98.5 cm³/mol. The number of benzene rings is 2. The van der Waals surface area contributed by atoms with Crippen molar-refractivity contribution in [1.82, 2.24) is 0 Å². The van der Waals surface area contributed by atoms with Crippen molar-refractivity contribution in [2.24, 2.45) is 0 Å². The summed E-state index contributed by atoms with van der Waals surface area (Å²) < 4.78 is 38.4. The van der Waals surface area contributed by atoms with E-state index in [0.717, 1.165) is 11.3 Å². The van der Waals surface area contributed by atoms with Gasteiger partial charge >= 0.3 is 0 Å². The lowest BCUT2D eigenvalue weighted by atomic mass is 10.2. The normalized spacial score (nSPS) is 13.3. The van der Waals surface area contributed by atoms with Gasteiger partial charge in [-0.25, -0.2) is 8.42 Å². The van der Waals surface area contributed by atoms with Crippen LogP contribution in [0.2, 0.25) is 0 Å². The Labute approximate surface area is 152 Å². The largest absolute Gasteiger partial charge is 0.497 e. The van der Waals surface area contributed by atoms with E-state index in [9.17, 15) is 13.2 Å². The van der Waals surface area contributed by atoms with Crippen molar-refractivity contribution in [1.29, 1.82) is 0 Å². The van der Waals surface area contributed by atoms with Gasteiger partial charge in [0, 0.05) is 25.2 Å². The Hall–Kier alpha value is -2.74. The van der Waals surface area contributed by atoms with Crippen molar-refractivity contribution >= 4 is 27.3 Å². The lowest BCUT2D eigenvalue weighted by molar-refractivity contribution is -0.116. The van der Waals surface area contributed by atoms with E-state index >= 15 is 0 Å². The first-order valence-electron chi connectivity index (χ1n) is 8.01. The van der Waals surface area contributed by atoms with Gasteiger partial charge in [0.25, 0.3) is 10.0 Å². The molecule has 0 radical (unpaired) electrons. The van der Waals surface area contributed by atoms with Crippen LogP contribution < -0.4 is 19.1 Å². The van der Waals surface area contributed by atoms with Crippen molar-refractivity contribution in [3.63, 3.8) is 0 Å². The quantitative estimate of drug-likeness (QED) is 0.866. The van der Waals surface area contributed by atoms with Crippen LogP contribution in [0.15, 0.2) is 41.3 Å². The highest BCUT2D eigenvalue weighted by molar-refractivity contribution is 7.92. The van der Waals surface area contributed by atoms with E-state index in [-0.39, 0.29) is 10.8 Å². The van der Waals surface area contributed by atoms with Gasteiger partial charge in [0.15, 0.2) is 0 Å². The predicted octanol–water partition coefficient (Wildman–Crippen LogP) is 2.41. The molecule has 0 aromatic heterocycles. The lowest BCUT2D eigenvalue weighted by Crippen LogP contribution is -2.25. The molecule has 7 nitrogen and oxygen atoms in total. The van der Waals surface area contributed by atoms with Crippen molar-refractivity contribution in [3.05, 3.63) is 42.0 Å². The molecule has 2 aromatic carbocycles. The monoisotopic (exact) mass is 376 g/mol. The number of nitrogens with one attached hydrogen (secondary N) is 1. The van der Waals surface area contributed by atoms with Crippen LogP contribution in [-0.2, 0) is 21.2 Å². The molecular formula is C18H20N2O5S. The van der Waals surface area contributed by atoms with Crippen LogP contribution >= 0.6 is 0 Å². The standard InChI is InChI=1S/C18H20N2O5S/c1-12(21)20-9-8-13-10-15(5-7-17(13)20)26(22,23)19-16-6-4-14(24-2)11-18(16)25-3/h4-7,10-11,19H,8-9H2,1-3H3. The fraction of sp³-hybridized carbons (Fsp3) is 0.278. The SMILES string of the molecule is COc1ccc(NS(=O)(=O)c2ccc3c(c2)CCN3C(C)=O)c(OC)c1. The van der Waals surface area contributed by atoms with Crippen LogP contribution in [-0.4, -0.2) is 35.1 Å². The highest BCUT2D eigenvalue weighted by Crippen LogP contribution is 2.33. The van der Waals surface area contributed by atoms with Gasteiger partial charge in [0.2, 0.25) is 5.91 Å². The first kappa shape index (κ1) is 18.1. The molecule has 0 fully saturated rings. The molecule has 0 bridgehead atoms. The van der Waals surface area contributed by atoms with E-state index < -0.39 is 10.0 Å². The second-order valence-corrected chi connectivity index (χ2v) is 7.57. The highest BCUT2D eigenvalue weighted by atomic mass is 32.2. The van der Waals surface area contributed by atoms with E-state index in [0.29, 0.717) is 30.2 Å². The zero-order valence-electron chi connectivity index (χ0n) is 14.8. The minimum Gasteiger partial charge on any atom is -0.497 e. The molecular weight excluding hydrogens is 356 g/mol. The number of hydrogen-bond acceptors (Lipinski definition) is 5. The van der Waals surface area contributed by atoms with E-state index in [2.05, 4.69) is 4.72 Å². The summed E-state index contributed by atoms with van der Waals surface area (Å²) in [6.45, 7) is 2.06. The van der Waals surface area contributed by atoms with Gasteiger partial charge < -0.3 is 14.4 Å². The number of nitrogens with zero attached hydrogens (tertiary/aromatic N) is 1. The van der Waals surface area contributed by atoms with Gasteiger partial charge in [-0.15, -0.1) is 0 Å². The van der Waals surface area contributed by atoms with Gasteiger partial charge in [-0.05, 0) is 42.3 Å². The van der Waals surface area contributed by atoms with Gasteiger partial charge in [0.05, 0.1) is 24.8 Å². The molecule has 1 aliphatic heterocycles. The molecule has 1 N–H and O–H groups in total. The van der Waals surface area contributed by atoms with Crippen LogP contribution in [0.25, 0.3) is 0 Å². The molecule has 3 rings (SSSR count). The minimum absolute atomic E-state index is 0.0551. The maximum Gasteiger partial charge on any atom is 0.262 e. The van der Waals surface area contributed by atoms with Crippen molar-refractivity contribution in [2.45, 2.75) is 18.2 Å². The maximum atomic E-state index is 12.8. The average molecular weight is 376 g/mol. The summed E-state index contributed by atoms with van der Waals surface area (Å²) in [6, 6.07) is 9.61. The van der Waals surface area contributed by atoms with Crippen molar-refractivity contribution < 1.29 is 22.7 Å². The van der Waals surface area contributed by atoms with Crippen LogP contribution in [0.3, 0.4) is 0 Å². The van der Waals surface area contributed by atoms with Crippen LogP contribution in [0.4, 0.5) is 11.4 Å². The van der Waals surface area contributed by atoms with Gasteiger partial charge in [-0.2, -0.15) is 0 Å². The molecule has 0 saturated carbocycles. The molecule has 0 unspecified atom stereocenters. The van der Waals surface area contributed by atoms with Crippen LogP contribution in [0, 0.1) is 0 Å². The zero-order chi connectivity index (χ0) is 18.9. The Kier molecular flexibility index (Phi) is 4.78. The molecule has 1 aliphatic rings. The molecule has 0 saturated heterocycles. The highest BCUT2D eigenvalue weighted by Gasteiger charge is 2.25. The van der Waals surface area contributed by atoms with E-state index in [1.807, 2.05) is 0 Å². The fourth-order valence-electron chi connectivity index (χ4n) is 2.96. The maximum absolute atomic E-state index is 12.8. The summed E-state index contributed by atoms with van der Waals surface area (Å²) in [5, 5.41) is 0. The Morgan fingerprint density at radius 3 is 2.54 bits per heavy atom. The summed E-state index contributed by atoms with van der Waals surface area (Å²) in [4.78, 5) is 13.4. The van der Waals surface area contributed by atoms with E-state index in [1.54, 1.807) is 35.2 Å². The zero-order valence-corrected chi connectivity index (χ0v) is 15.6. The Morgan fingerprint density at radius 2 is 1.88 bits per heavy atom. The average Bonchev–Trinajstić information content (AvgIpc) is 3.05. The van der Waals surface area contributed by atoms with Gasteiger partial charge in [-0.3, -0.25) is 9.52 Å². The number of ether oxygens (including phenoxy) is 2. The number of methoxy groups -OCH3 is 2. The first-order valence-corrected chi connectivity index (χ1v) is 9.50. The van der Waals surface area contributed by atoms with Gasteiger partial charge in [-0.1, -0.05) is 0 Å². The molecule has 26 heavy (non-hydrogen) atoms. The number of anilines is 2. The second kappa shape index (κ2) is 6.87. The molecule has 0 aliphatic carbocycles. The number of rotatable bonds is 5. The topological polar surface area (TPSA) is 84.9 Å². The number of hydrogen-bond donors (Lipinski definition) is 1. The molecule has 0 spiro atoms. The summed E-state index contributed by atoms with van der Waals surface area (Å²) in [5.41, 5.74) is 1.92. The Morgan fingerprint density at radius 1 is 1.12 bits per heavy atom. The second-order valence-electron chi connectivity index (χ2n) is 5.88. The molecule has 138 valence electrons. The molecule has 1 heterocycles. The summed E-state index contributed by atoms with van der Waals surface area (Å²) >= 11 is 0. The third-order valence-corrected chi connectivity index (χ3v) is 5.65. The van der Waals surface area contributed by atoms with Crippen molar-refractivity contribution in [2.75, 3.05) is 30.4 Å². The molecule has 1 amide bonds. The smallest absolute Gasteiger partial charge is 0.262 e. The fourth-order valence-corrected chi connectivity index (χ4v) is 4.08. The number of fused-ring (bicyclic) bond motifs is 1. The van der Waals surface area contributed by atoms with Crippen molar-refractivity contribution in [3.8, 4) is 11.5 Å². The number of carbonyl (C=O) groups is 1. The summed E-state index contributed by atoms with van der Waals surface area (Å²) in [5.74, 6) is 0.865. The minimum atomic E-state index is -3.80. The van der Waals surface area contributed by atoms with Crippen LogP contribution in [0.5, 0.6) is 11.5 Å². The Balaban J connectivity index is 1.91. The van der Waals surface area contributed by atoms with Crippen LogP contribution in [0.1, 0.15) is 12.5 Å². The Bertz CT molecular complexity index is 956. The number of carbonyl (C=O) groups excluding carboxylic acids is 1. The summed E-state index contributed by atoms with van der Waals surface area (Å²) in [7, 11) is -0.821. The molecule has 0 atom stereocenters. The number of amides is 1. The molecule has 2 aromatic rings. The molecule has 8 heteroatoms. The van der Waals surface area contributed by atoms with Gasteiger partial charge in [0.1, 0.15) is 11.5 Å². The summed E-state index contributed by atoms with van der Waals surface area (Å²) in [6.07, 6.45) is 0.629. The first-order chi connectivity index (χ1) is 12.4. The van der Waals surface area contributed by atoms with E-state index in [4.69, 9.17) is 9.47 Å². The third-order valence-electron chi connectivity index (χ3n) is 4.29. The third kappa shape index (κ3) is 3.32. The number of sulfonamides is 1. The van der Waals surface area contributed by atoms with E-state index in [1.165, 1.54) is 27.2 Å². The lowest BCUT2D eigenvalue weighted by Gasteiger charge is -2.16.